The van der Waals surface area contributed by atoms with E-state index >= 15 is 0 Å². The van der Waals surface area contributed by atoms with Crippen LogP contribution in [0.15, 0.2) is 48.7 Å². The lowest BCUT2D eigenvalue weighted by Gasteiger charge is -2.31. The first kappa shape index (κ1) is 29.6. The number of anilines is 1. The fourth-order valence-corrected chi connectivity index (χ4v) is 8.68. The topological polar surface area (TPSA) is 119 Å². The minimum absolute atomic E-state index is 0.137. The Morgan fingerprint density at radius 3 is 2.95 bits per heavy atom. The SMILES string of the molecule is Nc1cc(OC(CO)c2cc[nH]c(=S)c2)cc2cc(C(=O)NCC(CN3CCSCC3)SCC3CC=CC4CC43)[nH]c12. The summed E-state index contributed by atoms with van der Waals surface area (Å²) < 4.78 is 6.64. The summed E-state index contributed by atoms with van der Waals surface area (Å²) in [5, 5.41) is 14.3. The molecule has 2 aromatic heterocycles. The maximum Gasteiger partial charge on any atom is 0.267 e. The minimum atomic E-state index is -0.594. The number of amides is 1. The summed E-state index contributed by atoms with van der Waals surface area (Å²) in [4.78, 5) is 22.0. The predicted molar refractivity (Wildman–Crippen MR) is 176 cm³/mol. The van der Waals surface area contributed by atoms with Crippen molar-refractivity contribution >= 4 is 58.2 Å². The highest BCUT2D eigenvalue weighted by Crippen LogP contribution is 2.50. The number of rotatable bonds is 12. The monoisotopic (exact) mass is 625 g/mol. The molecule has 0 spiro atoms. The fraction of sp³-hybridized carbons (Fsp3) is 0.484. The Bertz CT molecular complexity index is 1480. The number of benzene rings is 1. The van der Waals surface area contributed by atoms with Gasteiger partial charge in [-0.05, 0) is 66.2 Å². The second-order valence-corrected chi connectivity index (χ2v) is 14.5. The van der Waals surface area contributed by atoms with Gasteiger partial charge in [-0.25, -0.2) is 0 Å². The number of hydrogen-bond acceptors (Lipinski definition) is 8. The molecule has 224 valence electrons. The fourth-order valence-electron chi connectivity index (χ4n) is 6.07. The first-order valence-electron chi connectivity index (χ1n) is 14.7. The van der Waals surface area contributed by atoms with Gasteiger partial charge in [-0.1, -0.05) is 24.4 Å². The summed E-state index contributed by atoms with van der Waals surface area (Å²) in [7, 11) is 0. The Morgan fingerprint density at radius 2 is 2.14 bits per heavy atom. The molecule has 42 heavy (non-hydrogen) atoms. The van der Waals surface area contributed by atoms with Gasteiger partial charge in [0.05, 0.1) is 17.8 Å². The molecule has 1 aliphatic heterocycles. The number of nitrogens with one attached hydrogen (secondary N) is 3. The molecule has 3 heterocycles. The molecule has 5 atom stereocenters. The van der Waals surface area contributed by atoms with Crippen LogP contribution in [0.4, 0.5) is 5.69 Å². The Kier molecular flexibility index (Phi) is 9.50. The third-order valence-corrected chi connectivity index (χ3v) is 11.1. The smallest absolute Gasteiger partial charge is 0.267 e. The molecule has 11 heteroatoms. The molecule has 5 unspecified atom stereocenters. The van der Waals surface area contributed by atoms with Crippen LogP contribution in [0.3, 0.4) is 0 Å². The van der Waals surface area contributed by atoms with Crippen LogP contribution in [0.25, 0.3) is 10.9 Å². The van der Waals surface area contributed by atoms with Gasteiger partial charge in [0.2, 0.25) is 0 Å². The van der Waals surface area contributed by atoms with Gasteiger partial charge in [-0.3, -0.25) is 4.79 Å². The van der Waals surface area contributed by atoms with Crippen molar-refractivity contribution in [2.24, 2.45) is 17.8 Å². The highest BCUT2D eigenvalue weighted by atomic mass is 32.2. The number of ether oxygens (including phenoxy) is 1. The third kappa shape index (κ3) is 7.19. The second kappa shape index (κ2) is 13.5. The number of allylic oxidation sites excluding steroid dienone is 2. The van der Waals surface area contributed by atoms with Crippen LogP contribution in [-0.2, 0) is 0 Å². The lowest BCUT2D eigenvalue weighted by atomic mass is 9.96. The zero-order chi connectivity index (χ0) is 29.1. The molecule has 2 aliphatic carbocycles. The Balaban J connectivity index is 1.11. The maximum atomic E-state index is 13.3. The van der Waals surface area contributed by atoms with Crippen molar-refractivity contribution in [1.29, 1.82) is 0 Å². The summed E-state index contributed by atoms with van der Waals surface area (Å²) in [6, 6.07) is 8.94. The molecule has 3 aliphatic rings. The highest BCUT2D eigenvalue weighted by Gasteiger charge is 2.42. The number of aromatic nitrogens is 2. The predicted octanol–water partition coefficient (Wildman–Crippen LogP) is 5.01. The largest absolute Gasteiger partial charge is 0.483 e. The number of fused-ring (bicyclic) bond motifs is 2. The minimum Gasteiger partial charge on any atom is -0.483 e. The zero-order valence-corrected chi connectivity index (χ0v) is 26.0. The van der Waals surface area contributed by atoms with Gasteiger partial charge in [0, 0.05) is 60.6 Å². The van der Waals surface area contributed by atoms with Crippen LogP contribution in [0.1, 0.15) is 35.0 Å². The lowest BCUT2D eigenvalue weighted by molar-refractivity contribution is 0.0948. The molecule has 6 N–H and O–H groups in total. The Labute approximate surface area is 260 Å². The summed E-state index contributed by atoms with van der Waals surface area (Å²) in [5.74, 6) is 6.34. The standard InChI is InChI=1S/C31H39N5O3S3/c32-26-14-23(39-28(17-37)20-4-5-33-29(40)13-20)10-22-12-27(35-30(22)26)31(38)34-15-24(16-36-6-8-41-9-7-36)42-18-21-3-1-2-19-11-25(19)21/h1-2,4-5,10,12-14,19,21,24-25,28,35,37H,3,6-9,11,15-18,32H2,(H,33,40)(H,34,38). The number of nitrogen functional groups attached to an aromatic ring is 1. The molecule has 1 saturated heterocycles. The number of carbonyl (C=O) groups is 1. The van der Waals surface area contributed by atoms with E-state index in [1.165, 1.54) is 24.3 Å². The van der Waals surface area contributed by atoms with E-state index in [0.717, 1.165) is 54.1 Å². The van der Waals surface area contributed by atoms with E-state index in [1.54, 1.807) is 18.3 Å². The van der Waals surface area contributed by atoms with Crippen molar-refractivity contribution < 1.29 is 14.6 Å². The van der Waals surface area contributed by atoms with E-state index in [0.29, 0.717) is 39.1 Å². The first-order valence-corrected chi connectivity index (χ1v) is 17.3. The molecule has 8 nitrogen and oxygen atoms in total. The van der Waals surface area contributed by atoms with Crippen LogP contribution in [0.5, 0.6) is 5.75 Å². The van der Waals surface area contributed by atoms with Crippen LogP contribution in [-0.4, -0.2) is 81.2 Å². The van der Waals surface area contributed by atoms with Gasteiger partial charge < -0.3 is 35.8 Å². The van der Waals surface area contributed by atoms with Gasteiger partial charge in [-0.15, -0.1) is 0 Å². The zero-order valence-electron chi connectivity index (χ0n) is 23.6. The van der Waals surface area contributed by atoms with Gasteiger partial charge in [0.1, 0.15) is 22.2 Å². The number of thioether (sulfide) groups is 2. The number of H-pyrrole nitrogens is 2. The summed E-state index contributed by atoms with van der Waals surface area (Å²) in [5.41, 5.74) is 8.76. The van der Waals surface area contributed by atoms with Crippen molar-refractivity contribution in [3.8, 4) is 5.75 Å². The molecule has 1 saturated carbocycles. The van der Waals surface area contributed by atoms with E-state index in [2.05, 4.69) is 32.3 Å². The molecule has 3 aromatic rings. The first-order chi connectivity index (χ1) is 20.5. The van der Waals surface area contributed by atoms with Crippen LogP contribution >= 0.6 is 35.7 Å². The van der Waals surface area contributed by atoms with Crippen molar-refractivity contribution in [3.63, 3.8) is 0 Å². The van der Waals surface area contributed by atoms with Gasteiger partial charge in [0.25, 0.3) is 5.91 Å². The molecule has 1 amide bonds. The number of hydrogen-bond donors (Lipinski definition) is 5. The van der Waals surface area contributed by atoms with E-state index in [1.807, 2.05) is 41.7 Å². The second-order valence-electron chi connectivity index (χ2n) is 11.5. The molecular formula is C31H39N5O3S3. The summed E-state index contributed by atoms with van der Waals surface area (Å²) in [6.45, 7) is 3.64. The lowest BCUT2D eigenvalue weighted by Crippen LogP contribution is -2.42. The average molecular weight is 626 g/mol. The number of nitrogens with zero attached hydrogens (tertiary/aromatic N) is 1. The number of aromatic amines is 2. The molecular weight excluding hydrogens is 587 g/mol. The van der Waals surface area contributed by atoms with E-state index < -0.39 is 6.10 Å². The molecule has 6 rings (SSSR count). The number of carbonyl (C=O) groups excluding carboxylic acids is 1. The molecule has 0 radical (unpaired) electrons. The summed E-state index contributed by atoms with van der Waals surface area (Å²) >= 11 is 9.27. The van der Waals surface area contributed by atoms with Crippen molar-refractivity contribution in [1.82, 2.24) is 20.2 Å². The molecule has 0 bridgehead atoms. The third-order valence-electron chi connectivity index (χ3n) is 8.51. The van der Waals surface area contributed by atoms with Crippen LogP contribution in [0.2, 0.25) is 0 Å². The van der Waals surface area contributed by atoms with E-state index in [4.69, 9.17) is 22.7 Å². The number of aliphatic hydroxyl groups excluding tert-OH is 1. The van der Waals surface area contributed by atoms with Crippen molar-refractivity contribution in [2.45, 2.75) is 24.2 Å². The normalized spacial score (nSPS) is 23.3. The quantitative estimate of drug-likeness (QED) is 0.108. The number of pyridine rings is 1. The highest BCUT2D eigenvalue weighted by molar-refractivity contribution is 8.00. The molecule has 2 fully saturated rings. The summed E-state index contributed by atoms with van der Waals surface area (Å²) in [6.07, 6.45) is 8.45. The van der Waals surface area contributed by atoms with E-state index in [-0.39, 0.29) is 12.5 Å². The Hall–Kier alpha value is -2.44. The van der Waals surface area contributed by atoms with Gasteiger partial charge >= 0.3 is 0 Å². The molecule has 1 aromatic carbocycles. The van der Waals surface area contributed by atoms with Crippen LogP contribution in [0, 0.1) is 22.4 Å². The van der Waals surface area contributed by atoms with E-state index in [9.17, 15) is 9.90 Å². The van der Waals surface area contributed by atoms with Crippen molar-refractivity contribution in [3.05, 3.63) is 64.6 Å². The van der Waals surface area contributed by atoms with Gasteiger partial charge in [-0.2, -0.15) is 23.5 Å². The van der Waals surface area contributed by atoms with Crippen molar-refractivity contribution in [2.75, 3.05) is 55.8 Å². The number of aliphatic hydroxyl groups is 1. The average Bonchev–Trinajstić information content (AvgIpc) is 3.67. The number of nitrogens with two attached hydrogens (primary N) is 1. The van der Waals surface area contributed by atoms with Crippen LogP contribution < -0.4 is 15.8 Å². The van der Waals surface area contributed by atoms with Gasteiger partial charge in [0.15, 0.2) is 0 Å². The maximum absolute atomic E-state index is 13.3. The Morgan fingerprint density at radius 1 is 1.29 bits per heavy atom.